The number of carbonyl (C=O) groups excluding carboxylic acids is 1. The molecule has 0 fully saturated rings. The van der Waals surface area contributed by atoms with Crippen molar-refractivity contribution >= 4 is 44.1 Å². The number of benzene rings is 2. The van der Waals surface area contributed by atoms with Gasteiger partial charge in [0.2, 0.25) is 0 Å². The monoisotopic (exact) mass is 492 g/mol. The lowest BCUT2D eigenvalue weighted by molar-refractivity contribution is 0.0576. The first-order valence-corrected chi connectivity index (χ1v) is 12.6. The van der Waals surface area contributed by atoms with E-state index in [-0.39, 0.29) is 17.6 Å². The maximum absolute atomic E-state index is 13.0. The minimum Gasteiger partial charge on any atom is -0.496 e. The molecule has 1 amide bonds. The van der Waals surface area contributed by atoms with Crippen molar-refractivity contribution in [2.75, 3.05) is 18.6 Å². The number of carbonyl (C=O) groups is 1. The molecule has 4 aromatic rings. The van der Waals surface area contributed by atoms with Crippen molar-refractivity contribution in [1.82, 2.24) is 4.98 Å². The molecule has 6 nitrogen and oxygen atoms in total. The minimum atomic E-state index is -0.580. The number of methoxy groups -OCH3 is 1. The standard InChI is InChI=1S/C28H32N2O4S/c1-16(2)15-30(27(32)34-28(4,5)6)19-10-8-18(9-11-19)22-21(33-7)14-17(3)24-23(22)20-12-13-35-25(20)26(31)29-24/h8-14,16H,15H2,1-7H3,(H,29,31). The maximum Gasteiger partial charge on any atom is 0.414 e. The van der Waals surface area contributed by atoms with Crippen LogP contribution in [0.25, 0.3) is 32.1 Å². The topological polar surface area (TPSA) is 71.6 Å². The van der Waals surface area contributed by atoms with Gasteiger partial charge in [-0.05, 0) is 74.4 Å². The molecule has 35 heavy (non-hydrogen) atoms. The molecular weight excluding hydrogens is 460 g/mol. The van der Waals surface area contributed by atoms with Crippen LogP contribution in [0.3, 0.4) is 0 Å². The quantitative estimate of drug-likeness (QED) is 0.322. The fourth-order valence-corrected chi connectivity index (χ4v) is 5.09. The summed E-state index contributed by atoms with van der Waals surface area (Å²) >= 11 is 1.43. The van der Waals surface area contributed by atoms with Crippen LogP contribution in [-0.4, -0.2) is 30.3 Å². The van der Waals surface area contributed by atoms with E-state index in [1.807, 2.05) is 69.5 Å². The fraction of sp³-hybridized carbons (Fsp3) is 0.357. The molecule has 0 aliphatic heterocycles. The molecule has 2 heterocycles. The summed E-state index contributed by atoms with van der Waals surface area (Å²) in [5.41, 5.74) is 3.69. The Morgan fingerprint density at radius 3 is 2.43 bits per heavy atom. The van der Waals surface area contributed by atoms with Gasteiger partial charge in [-0.2, -0.15) is 0 Å². The number of pyridine rings is 1. The predicted octanol–water partition coefficient (Wildman–Crippen LogP) is 7.12. The third kappa shape index (κ3) is 4.91. The summed E-state index contributed by atoms with van der Waals surface area (Å²) in [6.07, 6.45) is -0.366. The highest BCUT2D eigenvalue weighted by molar-refractivity contribution is 7.17. The first-order chi connectivity index (χ1) is 16.5. The first kappa shape index (κ1) is 24.8. The van der Waals surface area contributed by atoms with Gasteiger partial charge >= 0.3 is 6.09 Å². The van der Waals surface area contributed by atoms with Crippen LogP contribution in [0.1, 0.15) is 40.2 Å². The zero-order valence-corrected chi connectivity index (χ0v) is 22.1. The number of fused-ring (bicyclic) bond motifs is 3. The average molecular weight is 493 g/mol. The second-order valence-electron chi connectivity index (χ2n) is 10.2. The van der Waals surface area contributed by atoms with Gasteiger partial charge in [0.1, 0.15) is 16.1 Å². The van der Waals surface area contributed by atoms with Crippen LogP contribution in [0.2, 0.25) is 0 Å². The molecule has 2 aromatic heterocycles. The third-order valence-electron chi connectivity index (χ3n) is 5.72. The average Bonchev–Trinajstić information content (AvgIpc) is 3.27. The van der Waals surface area contributed by atoms with E-state index in [4.69, 9.17) is 9.47 Å². The van der Waals surface area contributed by atoms with Crippen molar-refractivity contribution in [1.29, 1.82) is 0 Å². The molecule has 0 atom stereocenters. The summed E-state index contributed by atoms with van der Waals surface area (Å²) in [6, 6.07) is 11.8. The molecule has 0 aliphatic carbocycles. The summed E-state index contributed by atoms with van der Waals surface area (Å²) in [7, 11) is 1.65. The van der Waals surface area contributed by atoms with Gasteiger partial charge in [0.05, 0.1) is 12.6 Å². The van der Waals surface area contributed by atoms with Gasteiger partial charge in [0.25, 0.3) is 5.56 Å². The highest BCUT2D eigenvalue weighted by atomic mass is 32.1. The van der Waals surface area contributed by atoms with Crippen LogP contribution < -0.4 is 15.2 Å². The molecule has 0 saturated carbocycles. The van der Waals surface area contributed by atoms with Gasteiger partial charge in [-0.1, -0.05) is 26.0 Å². The second kappa shape index (κ2) is 9.38. The van der Waals surface area contributed by atoms with Gasteiger partial charge in [-0.15, -0.1) is 11.3 Å². The van der Waals surface area contributed by atoms with Gasteiger partial charge in [0, 0.05) is 28.6 Å². The van der Waals surface area contributed by atoms with E-state index in [9.17, 15) is 9.59 Å². The van der Waals surface area contributed by atoms with Crippen molar-refractivity contribution in [3.8, 4) is 16.9 Å². The zero-order chi connectivity index (χ0) is 25.5. The number of hydrogen-bond donors (Lipinski definition) is 1. The number of hydrogen-bond acceptors (Lipinski definition) is 5. The zero-order valence-electron chi connectivity index (χ0n) is 21.3. The highest BCUT2D eigenvalue weighted by Crippen LogP contribution is 2.42. The summed E-state index contributed by atoms with van der Waals surface area (Å²) in [4.78, 5) is 30.4. The SMILES string of the molecule is COc1cc(C)c2[nH]c(=O)c3sccc3c2c1-c1ccc(N(CC(C)C)C(=O)OC(C)(C)C)cc1. The third-order valence-corrected chi connectivity index (χ3v) is 6.63. The number of amides is 1. The number of nitrogens with one attached hydrogen (secondary N) is 1. The number of aromatic nitrogens is 1. The largest absolute Gasteiger partial charge is 0.496 e. The molecule has 0 saturated heterocycles. The first-order valence-electron chi connectivity index (χ1n) is 11.7. The van der Waals surface area contributed by atoms with E-state index < -0.39 is 5.60 Å². The van der Waals surface area contributed by atoms with E-state index in [1.165, 1.54) is 11.3 Å². The molecule has 0 spiro atoms. The van der Waals surface area contributed by atoms with Gasteiger partial charge in [-0.25, -0.2) is 4.79 Å². The van der Waals surface area contributed by atoms with Gasteiger partial charge < -0.3 is 14.5 Å². The molecular formula is C28H32N2O4S. The van der Waals surface area contributed by atoms with E-state index in [1.54, 1.807) is 12.0 Å². The Bertz CT molecular complexity index is 1440. The Hall–Kier alpha value is -3.32. The van der Waals surface area contributed by atoms with Crippen molar-refractivity contribution in [3.63, 3.8) is 0 Å². The van der Waals surface area contributed by atoms with Crippen LogP contribution in [0.4, 0.5) is 10.5 Å². The lowest BCUT2D eigenvalue weighted by atomic mass is 9.95. The summed E-state index contributed by atoms with van der Waals surface area (Å²) < 4.78 is 12.1. The van der Waals surface area contributed by atoms with Crippen LogP contribution in [0, 0.1) is 12.8 Å². The summed E-state index contributed by atoms with van der Waals surface area (Å²) in [6.45, 7) is 12.3. The van der Waals surface area contributed by atoms with Crippen molar-refractivity contribution in [2.24, 2.45) is 5.92 Å². The van der Waals surface area contributed by atoms with E-state index in [0.29, 0.717) is 11.2 Å². The summed E-state index contributed by atoms with van der Waals surface area (Å²) in [5.74, 6) is 1.00. The predicted molar refractivity (Wildman–Crippen MR) is 145 cm³/mol. The van der Waals surface area contributed by atoms with Crippen LogP contribution >= 0.6 is 11.3 Å². The van der Waals surface area contributed by atoms with Crippen LogP contribution in [0.5, 0.6) is 5.75 Å². The van der Waals surface area contributed by atoms with E-state index >= 15 is 0 Å². The Labute approximate surface area is 209 Å². The maximum atomic E-state index is 13.0. The van der Waals surface area contributed by atoms with Gasteiger partial charge in [-0.3, -0.25) is 9.69 Å². The molecule has 0 aliphatic rings. The van der Waals surface area contributed by atoms with Gasteiger partial charge in [0.15, 0.2) is 0 Å². The number of rotatable bonds is 5. The number of aryl methyl sites for hydroxylation is 1. The Balaban J connectivity index is 1.87. The lowest BCUT2D eigenvalue weighted by Gasteiger charge is -2.28. The fourth-order valence-electron chi connectivity index (χ4n) is 4.29. The van der Waals surface area contributed by atoms with Crippen molar-refractivity contribution in [3.05, 3.63) is 57.7 Å². The van der Waals surface area contributed by atoms with E-state index in [2.05, 4.69) is 18.8 Å². The lowest BCUT2D eigenvalue weighted by Crippen LogP contribution is -2.39. The molecule has 0 bridgehead atoms. The summed E-state index contributed by atoms with van der Waals surface area (Å²) in [5, 5.41) is 3.80. The molecule has 184 valence electrons. The number of nitrogens with zero attached hydrogens (tertiary/aromatic N) is 1. The van der Waals surface area contributed by atoms with Crippen molar-refractivity contribution in [2.45, 2.75) is 47.1 Å². The van der Waals surface area contributed by atoms with Crippen LogP contribution in [0.15, 0.2) is 46.6 Å². The van der Waals surface area contributed by atoms with E-state index in [0.717, 1.165) is 44.4 Å². The molecule has 0 unspecified atom stereocenters. The number of aromatic amines is 1. The number of anilines is 1. The molecule has 0 radical (unpaired) electrons. The number of H-pyrrole nitrogens is 1. The highest BCUT2D eigenvalue weighted by Gasteiger charge is 2.25. The smallest absolute Gasteiger partial charge is 0.414 e. The Morgan fingerprint density at radius 1 is 1.14 bits per heavy atom. The number of ether oxygens (including phenoxy) is 2. The Kier molecular flexibility index (Phi) is 6.64. The molecule has 1 N–H and O–H groups in total. The molecule has 2 aromatic carbocycles. The molecule has 4 rings (SSSR count). The second-order valence-corrected chi connectivity index (χ2v) is 11.1. The normalized spacial score (nSPS) is 11.9. The number of thiophene rings is 1. The van der Waals surface area contributed by atoms with Crippen molar-refractivity contribution < 1.29 is 14.3 Å². The van der Waals surface area contributed by atoms with Crippen LogP contribution in [-0.2, 0) is 4.74 Å². The molecule has 7 heteroatoms. The minimum absolute atomic E-state index is 0.0845. The Morgan fingerprint density at radius 2 is 1.83 bits per heavy atom.